The van der Waals surface area contributed by atoms with Crippen molar-refractivity contribution in [2.75, 3.05) is 19.9 Å². The summed E-state index contributed by atoms with van der Waals surface area (Å²) in [4.78, 5) is 1.32. The van der Waals surface area contributed by atoms with E-state index in [0.29, 0.717) is 6.04 Å². The Morgan fingerprint density at radius 3 is 2.40 bits per heavy atom. The van der Waals surface area contributed by atoms with Crippen LogP contribution in [0.3, 0.4) is 0 Å². The average Bonchev–Trinajstić information content (AvgIpc) is 2.47. The molecule has 0 saturated heterocycles. The largest absolute Gasteiger partial charge is 0.379 e. The summed E-state index contributed by atoms with van der Waals surface area (Å²) >= 11 is 1.79. The molecule has 0 radical (unpaired) electrons. The third-order valence-electron chi connectivity index (χ3n) is 3.75. The molecule has 0 aliphatic rings. The lowest BCUT2D eigenvalue weighted by atomic mass is 9.95. The van der Waals surface area contributed by atoms with Gasteiger partial charge in [0, 0.05) is 18.0 Å². The summed E-state index contributed by atoms with van der Waals surface area (Å²) in [6, 6.07) is 9.34. The number of hydrogen-bond donors (Lipinski definition) is 1. The number of hydrogen-bond acceptors (Lipinski definition) is 3. The smallest absolute Gasteiger partial charge is 0.0623 e. The Kier molecular flexibility index (Phi) is 7.63. The number of nitrogens with one attached hydrogen (secondary N) is 1. The molecule has 20 heavy (non-hydrogen) atoms. The van der Waals surface area contributed by atoms with Gasteiger partial charge in [0.1, 0.15) is 0 Å². The minimum atomic E-state index is -0.0502. The van der Waals surface area contributed by atoms with Crippen molar-refractivity contribution in [3.8, 4) is 0 Å². The summed E-state index contributed by atoms with van der Waals surface area (Å²) in [6.07, 6.45) is 5.42. The van der Waals surface area contributed by atoms with Gasteiger partial charge < -0.3 is 10.1 Å². The summed E-state index contributed by atoms with van der Waals surface area (Å²) in [5, 5.41) is 3.66. The summed E-state index contributed by atoms with van der Waals surface area (Å²) in [5.74, 6) is 0. The highest BCUT2D eigenvalue weighted by atomic mass is 32.2. The molecule has 0 aromatic heterocycles. The van der Waals surface area contributed by atoms with Crippen molar-refractivity contribution in [2.45, 2.75) is 56.6 Å². The molecule has 1 unspecified atom stereocenters. The maximum Gasteiger partial charge on any atom is 0.0623 e. The molecular weight excluding hydrogens is 266 g/mol. The highest BCUT2D eigenvalue weighted by molar-refractivity contribution is 7.98. The average molecular weight is 295 g/mol. The van der Waals surface area contributed by atoms with Crippen molar-refractivity contribution < 1.29 is 4.74 Å². The predicted molar refractivity (Wildman–Crippen MR) is 89.6 cm³/mol. The van der Waals surface area contributed by atoms with E-state index in [-0.39, 0.29) is 5.60 Å². The Bertz CT molecular complexity index is 375. The lowest BCUT2D eigenvalue weighted by Gasteiger charge is -2.27. The van der Waals surface area contributed by atoms with Crippen LogP contribution in [0.15, 0.2) is 29.2 Å². The van der Waals surface area contributed by atoms with Gasteiger partial charge in [0.2, 0.25) is 0 Å². The first-order chi connectivity index (χ1) is 9.52. The molecule has 3 heteroatoms. The Labute approximate surface area is 128 Å². The fraction of sp³-hybridized carbons (Fsp3) is 0.647. The van der Waals surface area contributed by atoms with Gasteiger partial charge in [-0.15, -0.1) is 11.8 Å². The van der Waals surface area contributed by atoms with Gasteiger partial charge in [-0.2, -0.15) is 0 Å². The monoisotopic (exact) mass is 295 g/mol. The van der Waals surface area contributed by atoms with E-state index in [9.17, 15) is 0 Å². The molecule has 0 spiro atoms. The highest BCUT2D eigenvalue weighted by Gasteiger charge is 2.20. The van der Waals surface area contributed by atoms with Crippen molar-refractivity contribution >= 4 is 11.8 Å². The van der Waals surface area contributed by atoms with Crippen molar-refractivity contribution in [1.29, 1.82) is 0 Å². The molecular formula is C17H29NOS. The molecule has 2 nitrogen and oxygen atoms in total. The Morgan fingerprint density at radius 1 is 1.25 bits per heavy atom. The van der Waals surface area contributed by atoms with Gasteiger partial charge >= 0.3 is 0 Å². The molecule has 0 saturated carbocycles. The maximum atomic E-state index is 5.53. The molecule has 114 valence electrons. The van der Waals surface area contributed by atoms with Crippen LogP contribution in [0.2, 0.25) is 0 Å². The van der Waals surface area contributed by atoms with E-state index in [4.69, 9.17) is 4.74 Å². The highest BCUT2D eigenvalue weighted by Crippen LogP contribution is 2.26. The topological polar surface area (TPSA) is 21.3 Å². The number of ether oxygens (including phenoxy) is 1. The molecule has 0 bridgehead atoms. The normalized spacial score (nSPS) is 13.4. The van der Waals surface area contributed by atoms with Gasteiger partial charge in [-0.25, -0.2) is 0 Å². The summed E-state index contributed by atoms with van der Waals surface area (Å²) in [5.41, 5.74) is 1.33. The molecule has 0 aliphatic heterocycles. The second-order valence-electron chi connectivity index (χ2n) is 5.78. The predicted octanol–water partition coefficient (Wildman–Crippen LogP) is 4.65. The van der Waals surface area contributed by atoms with Gasteiger partial charge in [0.25, 0.3) is 0 Å². The second kappa shape index (κ2) is 8.71. The number of benzene rings is 1. The van der Waals surface area contributed by atoms with Crippen LogP contribution in [-0.4, -0.2) is 25.5 Å². The van der Waals surface area contributed by atoms with Crippen LogP contribution < -0.4 is 5.32 Å². The van der Waals surface area contributed by atoms with Gasteiger partial charge in [-0.3, -0.25) is 0 Å². The second-order valence-corrected chi connectivity index (χ2v) is 6.66. The van der Waals surface area contributed by atoms with Gasteiger partial charge in [-0.1, -0.05) is 19.1 Å². The number of thioether (sulfide) groups is 1. The van der Waals surface area contributed by atoms with E-state index < -0.39 is 0 Å². The van der Waals surface area contributed by atoms with E-state index >= 15 is 0 Å². The van der Waals surface area contributed by atoms with Gasteiger partial charge in [0.05, 0.1) is 5.60 Å². The van der Waals surface area contributed by atoms with Gasteiger partial charge in [0.15, 0.2) is 0 Å². The Hall–Kier alpha value is -0.510. The van der Waals surface area contributed by atoms with Crippen molar-refractivity contribution in [3.63, 3.8) is 0 Å². The van der Waals surface area contributed by atoms with Crippen LogP contribution in [0.1, 0.15) is 51.6 Å². The van der Waals surface area contributed by atoms with E-state index in [2.05, 4.69) is 56.6 Å². The molecule has 1 N–H and O–H groups in total. The van der Waals surface area contributed by atoms with Crippen molar-refractivity contribution in [2.24, 2.45) is 0 Å². The quantitative estimate of drug-likeness (QED) is 0.670. The molecule has 0 heterocycles. The molecule has 1 aromatic rings. The molecule has 1 atom stereocenters. The van der Waals surface area contributed by atoms with Crippen LogP contribution in [-0.2, 0) is 4.74 Å². The summed E-state index contributed by atoms with van der Waals surface area (Å²) < 4.78 is 5.53. The maximum absolute atomic E-state index is 5.53. The molecule has 0 aliphatic carbocycles. The van der Waals surface area contributed by atoms with Crippen LogP contribution in [0.25, 0.3) is 0 Å². The van der Waals surface area contributed by atoms with Crippen LogP contribution in [0, 0.1) is 0 Å². The summed E-state index contributed by atoms with van der Waals surface area (Å²) in [7, 11) is 1.79. The molecule has 1 rings (SSSR count). The lowest BCUT2D eigenvalue weighted by Crippen LogP contribution is -2.27. The summed E-state index contributed by atoms with van der Waals surface area (Å²) in [6.45, 7) is 7.57. The Morgan fingerprint density at radius 2 is 1.90 bits per heavy atom. The number of rotatable bonds is 9. The molecule has 0 fully saturated rings. The minimum absolute atomic E-state index is 0.0502. The SMILES string of the molecule is CCCNC(CCC(C)(C)OC)c1ccc(SC)cc1. The zero-order chi connectivity index (χ0) is 15.0. The van der Waals surface area contributed by atoms with Crippen LogP contribution >= 0.6 is 11.8 Å². The first kappa shape index (κ1) is 17.5. The molecule has 0 amide bonds. The standard InChI is InChI=1S/C17H29NOS/c1-6-13-18-16(11-12-17(2,3)19-4)14-7-9-15(20-5)10-8-14/h7-10,16,18H,6,11-13H2,1-5H3. The zero-order valence-electron chi connectivity index (χ0n) is 13.5. The van der Waals surface area contributed by atoms with Crippen molar-refractivity contribution in [1.82, 2.24) is 5.32 Å². The van der Waals surface area contributed by atoms with E-state index in [1.54, 1.807) is 18.9 Å². The van der Waals surface area contributed by atoms with Crippen molar-refractivity contribution in [3.05, 3.63) is 29.8 Å². The third-order valence-corrected chi connectivity index (χ3v) is 4.49. The number of methoxy groups -OCH3 is 1. The van der Waals surface area contributed by atoms with Gasteiger partial charge in [-0.05, 0) is 63.6 Å². The van der Waals surface area contributed by atoms with E-state index in [1.165, 1.54) is 10.5 Å². The minimum Gasteiger partial charge on any atom is -0.379 e. The lowest BCUT2D eigenvalue weighted by molar-refractivity contribution is 0.0117. The fourth-order valence-corrected chi connectivity index (χ4v) is 2.54. The first-order valence-corrected chi connectivity index (χ1v) is 8.67. The third kappa shape index (κ3) is 5.86. The Balaban J connectivity index is 2.71. The molecule has 1 aromatic carbocycles. The zero-order valence-corrected chi connectivity index (χ0v) is 14.3. The first-order valence-electron chi connectivity index (χ1n) is 7.45. The van der Waals surface area contributed by atoms with Crippen LogP contribution in [0.5, 0.6) is 0 Å². The fourth-order valence-electron chi connectivity index (χ4n) is 2.14. The van der Waals surface area contributed by atoms with E-state index in [0.717, 1.165) is 25.8 Å². The van der Waals surface area contributed by atoms with Crippen LogP contribution in [0.4, 0.5) is 0 Å². The van der Waals surface area contributed by atoms with E-state index in [1.807, 2.05) is 0 Å².